The van der Waals surface area contributed by atoms with E-state index in [9.17, 15) is 18.0 Å². The minimum absolute atomic E-state index is 0.0727. The molecule has 4 aromatic carbocycles. The zero-order valence-corrected chi connectivity index (χ0v) is 27.0. The van der Waals surface area contributed by atoms with Crippen LogP contribution in [0.1, 0.15) is 35.1 Å². The summed E-state index contributed by atoms with van der Waals surface area (Å²) in [5.74, 6) is -1.99. The highest BCUT2D eigenvalue weighted by Gasteiger charge is 2.47. The molecule has 1 heterocycles. The average Bonchev–Trinajstić information content (AvgIpc) is 3.04. The molecule has 0 amide bonds. The number of hydrogen-bond donors (Lipinski definition) is 0. The minimum Gasteiger partial charge on any atom is -0.496 e. The second kappa shape index (κ2) is 14.7. The number of Topliss-reactive ketones (excluding diaryl/α,β-unsaturated/α-hetero) is 1. The number of ether oxygens (including phenoxy) is 4. The zero-order chi connectivity index (χ0) is 33.1. The van der Waals surface area contributed by atoms with Crippen LogP contribution in [0.3, 0.4) is 0 Å². The van der Waals surface area contributed by atoms with Crippen molar-refractivity contribution >= 4 is 46.2 Å². The SMILES string of the molecule is O=C1C(c2ccc(OCc3c(F)cccc3Cl)cc2)=COC2CC(OCc3c(F)cccc3Cl)CC(OCc3c(F)cccc3Cl)C12. The highest BCUT2D eigenvalue weighted by molar-refractivity contribution is 6.32. The van der Waals surface area contributed by atoms with Crippen molar-refractivity contribution in [3.05, 3.63) is 140 Å². The Labute approximate surface area is 284 Å². The first kappa shape index (κ1) is 33.4. The summed E-state index contributed by atoms with van der Waals surface area (Å²) in [5.41, 5.74) is 1.53. The van der Waals surface area contributed by atoms with Crippen molar-refractivity contribution in [2.75, 3.05) is 0 Å². The van der Waals surface area contributed by atoms with E-state index in [1.54, 1.807) is 42.5 Å². The topological polar surface area (TPSA) is 54.0 Å². The number of hydrogen-bond acceptors (Lipinski definition) is 5. The van der Waals surface area contributed by atoms with Gasteiger partial charge in [-0.1, -0.05) is 65.1 Å². The Bertz CT molecular complexity index is 1740. The highest BCUT2D eigenvalue weighted by atomic mass is 35.5. The summed E-state index contributed by atoms with van der Waals surface area (Å²) in [5, 5.41) is 0.701. The van der Waals surface area contributed by atoms with Crippen molar-refractivity contribution in [3.63, 3.8) is 0 Å². The van der Waals surface area contributed by atoms with Gasteiger partial charge >= 0.3 is 0 Å². The fourth-order valence-corrected chi connectivity index (χ4v) is 6.48. The van der Waals surface area contributed by atoms with Gasteiger partial charge in [0.25, 0.3) is 0 Å². The lowest BCUT2D eigenvalue weighted by Crippen LogP contribution is -2.50. The van der Waals surface area contributed by atoms with E-state index in [0.717, 1.165) is 0 Å². The number of carbonyl (C=O) groups is 1. The van der Waals surface area contributed by atoms with Gasteiger partial charge in [-0.05, 0) is 54.1 Å². The van der Waals surface area contributed by atoms with Gasteiger partial charge in [-0.3, -0.25) is 4.79 Å². The van der Waals surface area contributed by atoms with Gasteiger partial charge in [0.1, 0.15) is 35.9 Å². The van der Waals surface area contributed by atoms with E-state index in [4.69, 9.17) is 53.8 Å². The van der Waals surface area contributed by atoms with E-state index in [1.165, 1.54) is 42.7 Å². The quantitative estimate of drug-likeness (QED) is 0.165. The second-order valence-electron chi connectivity index (χ2n) is 11.3. The normalized spacial score (nSPS) is 20.7. The third-order valence-corrected chi connectivity index (χ3v) is 9.42. The summed E-state index contributed by atoms with van der Waals surface area (Å²) in [7, 11) is 0. The van der Waals surface area contributed by atoms with E-state index < -0.39 is 41.7 Å². The zero-order valence-electron chi connectivity index (χ0n) is 24.7. The number of fused-ring (bicyclic) bond motifs is 1. The molecule has 4 aromatic rings. The molecule has 4 atom stereocenters. The fourth-order valence-electron chi connectivity index (χ4n) is 5.82. The maximum atomic E-state index is 14.6. The van der Waals surface area contributed by atoms with Crippen LogP contribution in [0.25, 0.3) is 5.57 Å². The molecular weight excluding hydrogens is 676 g/mol. The number of halogens is 6. The molecule has 244 valence electrons. The van der Waals surface area contributed by atoms with Crippen LogP contribution in [0.4, 0.5) is 13.2 Å². The first-order valence-electron chi connectivity index (χ1n) is 14.8. The molecule has 0 N–H and O–H groups in total. The molecule has 0 saturated heterocycles. The number of allylic oxidation sites excluding steroid dienone is 1. The van der Waals surface area contributed by atoms with Gasteiger partial charge in [-0.15, -0.1) is 0 Å². The van der Waals surface area contributed by atoms with Gasteiger partial charge in [-0.2, -0.15) is 0 Å². The van der Waals surface area contributed by atoms with Gasteiger partial charge in [0, 0.05) is 39.6 Å². The lowest BCUT2D eigenvalue weighted by Gasteiger charge is -2.42. The standard InChI is InChI=1S/C36H28Cl3F3O5/c37-27-4-1-7-30(40)24(27)17-44-21-12-10-20(11-13-21)23-16-46-33-14-22(45-18-25-28(38)5-2-8-31(25)41)15-34(35(33)36(23)43)47-19-26-29(39)6-3-9-32(26)42/h1-13,16,22,33-35H,14-15,17-19H2. The monoisotopic (exact) mass is 702 g/mol. The van der Waals surface area contributed by atoms with E-state index in [2.05, 4.69) is 0 Å². The van der Waals surface area contributed by atoms with Gasteiger partial charge in [0.2, 0.25) is 0 Å². The first-order chi connectivity index (χ1) is 22.7. The Morgan fingerprint density at radius 1 is 0.681 bits per heavy atom. The molecule has 6 rings (SSSR count). The van der Waals surface area contributed by atoms with Crippen LogP contribution < -0.4 is 4.74 Å². The fraction of sp³-hybridized carbons (Fsp3) is 0.250. The van der Waals surface area contributed by atoms with Crippen LogP contribution in [0.2, 0.25) is 15.1 Å². The van der Waals surface area contributed by atoms with Gasteiger partial charge < -0.3 is 18.9 Å². The number of carbonyl (C=O) groups excluding carboxylic acids is 1. The summed E-state index contributed by atoms with van der Waals surface area (Å²) >= 11 is 18.5. The second-order valence-corrected chi connectivity index (χ2v) is 12.5. The number of rotatable bonds is 10. The van der Waals surface area contributed by atoms with E-state index >= 15 is 0 Å². The third kappa shape index (κ3) is 7.47. The molecule has 4 unspecified atom stereocenters. The van der Waals surface area contributed by atoms with E-state index in [1.807, 2.05) is 0 Å². The first-order valence-corrected chi connectivity index (χ1v) is 16.0. The Hall–Kier alpha value is -3.53. The van der Waals surface area contributed by atoms with E-state index in [-0.39, 0.29) is 63.8 Å². The smallest absolute Gasteiger partial charge is 0.175 e. The largest absolute Gasteiger partial charge is 0.496 e. The number of ketones is 1. The summed E-state index contributed by atoms with van der Waals surface area (Å²) in [6, 6.07) is 19.9. The molecule has 0 aromatic heterocycles. The average molecular weight is 704 g/mol. The highest BCUT2D eigenvalue weighted by Crippen LogP contribution is 2.40. The third-order valence-electron chi connectivity index (χ3n) is 8.36. The summed E-state index contributed by atoms with van der Waals surface area (Å²) in [4.78, 5) is 14.0. The van der Waals surface area contributed by atoms with Crippen molar-refractivity contribution in [2.24, 2.45) is 5.92 Å². The predicted molar refractivity (Wildman–Crippen MR) is 173 cm³/mol. The predicted octanol–water partition coefficient (Wildman–Crippen LogP) is 9.53. The van der Waals surface area contributed by atoms with Gasteiger partial charge in [-0.25, -0.2) is 13.2 Å². The Kier molecular flexibility index (Phi) is 10.4. The molecular formula is C36H28Cl3F3O5. The van der Waals surface area contributed by atoms with Crippen LogP contribution >= 0.6 is 34.8 Å². The molecule has 2 aliphatic rings. The van der Waals surface area contributed by atoms with Crippen molar-refractivity contribution in [3.8, 4) is 5.75 Å². The molecule has 11 heteroatoms. The maximum absolute atomic E-state index is 14.6. The maximum Gasteiger partial charge on any atom is 0.175 e. The van der Waals surface area contributed by atoms with Crippen LogP contribution in [0, 0.1) is 23.4 Å². The molecule has 0 spiro atoms. The molecule has 0 radical (unpaired) electrons. The molecule has 1 aliphatic heterocycles. The summed E-state index contributed by atoms with van der Waals surface area (Å²) < 4.78 is 67.3. The summed E-state index contributed by atoms with van der Waals surface area (Å²) in [6.07, 6.45) is 0.171. The molecule has 5 nitrogen and oxygen atoms in total. The van der Waals surface area contributed by atoms with Crippen molar-refractivity contribution in [1.82, 2.24) is 0 Å². The van der Waals surface area contributed by atoms with Crippen molar-refractivity contribution in [2.45, 2.75) is 51.0 Å². The lowest BCUT2D eigenvalue weighted by molar-refractivity contribution is -0.152. The molecule has 0 bridgehead atoms. The molecule has 47 heavy (non-hydrogen) atoms. The van der Waals surface area contributed by atoms with Crippen LogP contribution in [0.5, 0.6) is 5.75 Å². The van der Waals surface area contributed by atoms with Crippen LogP contribution in [-0.2, 0) is 38.8 Å². The Morgan fingerprint density at radius 2 is 1.21 bits per heavy atom. The van der Waals surface area contributed by atoms with Crippen LogP contribution in [0.15, 0.2) is 85.1 Å². The lowest BCUT2D eigenvalue weighted by atomic mass is 9.75. The summed E-state index contributed by atoms with van der Waals surface area (Å²) in [6.45, 7) is -0.349. The number of benzene rings is 4. The van der Waals surface area contributed by atoms with E-state index in [0.29, 0.717) is 23.3 Å². The van der Waals surface area contributed by atoms with Gasteiger partial charge in [0.15, 0.2) is 5.78 Å². The molecule has 1 saturated carbocycles. The molecule has 1 fully saturated rings. The van der Waals surface area contributed by atoms with Crippen LogP contribution in [-0.4, -0.2) is 24.1 Å². The van der Waals surface area contributed by atoms with Crippen molar-refractivity contribution < 1.29 is 36.9 Å². The minimum atomic E-state index is -0.741. The molecule has 1 aliphatic carbocycles. The van der Waals surface area contributed by atoms with Gasteiger partial charge in [0.05, 0.1) is 48.2 Å². The van der Waals surface area contributed by atoms with Crippen molar-refractivity contribution in [1.29, 1.82) is 0 Å². The Morgan fingerprint density at radius 3 is 1.77 bits per heavy atom. The Balaban J connectivity index is 1.20.